The lowest BCUT2D eigenvalue weighted by Crippen LogP contribution is -2.61. The fourth-order valence-corrected chi connectivity index (χ4v) is 7.75. The third kappa shape index (κ3) is 11.0. The van der Waals surface area contributed by atoms with Gasteiger partial charge in [-0.1, -0.05) is 122 Å². The first-order valence-corrected chi connectivity index (χ1v) is 19.5. The third-order valence-electron chi connectivity index (χ3n) is 11.1. The highest BCUT2D eigenvalue weighted by Crippen LogP contribution is 2.31. The number of likely N-dealkylation sites (N-methyl/N-ethyl adjacent to an activating group) is 2. The first-order valence-electron chi connectivity index (χ1n) is 19.5. The molecule has 0 aliphatic carbocycles. The van der Waals surface area contributed by atoms with Crippen LogP contribution in [-0.2, 0) is 35.8 Å². The summed E-state index contributed by atoms with van der Waals surface area (Å²) in [5.74, 6) is -1.23. The van der Waals surface area contributed by atoms with Gasteiger partial charge in [0.15, 0.2) is 0 Å². The van der Waals surface area contributed by atoms with Crippen molar-refractivity contribution in [1.82, 2.24) is 25.8 Å². The first kappa shape index (κ1) is 44.4. The normalized spacial score (nSPS) is 18.1. The zero-order valence-electron chi connectivity index (χ0n) is 34.9. The zero-order chi connectivity index (χ0) is 40.4. The largest absolute Gasteiger partial charge is 0.378 e. The average molecular weight is 746 g/mol. The van der Waals surface area contributed by atoms with Gasteiger partial charge >= 0.3 is 0 Å². The fourth-order valence-electron chi connectivity index (χ4n) is 7.75. The van der Waals surface area contributed by atoms with Crippen LogP contribution in [0.2, 0.25) is 0 Å². The number of rotatable bonds is 17. The Morgan fingerprint density at radius 3 is 2.06 bits per heavy atom. The minimum atomic E-state index is -0.825. The van der Waals surface area contributed by atoms with Crippen LogP contribution in [0.3, 0.4) is 0 Å². The molecule has 1 heterocycles. The molecule has 0 bridgehead atoms. The Kier molecular flexibility index (Phi) is 16.1. The van der Waals surface area contributed by atoms with Crippen molar-refractivity contribution in [1.29, 1.82) is 0 Å². The number of methoxy groups -OCH3 is 1. The summed E-state index contributed by atoms with van der Waals surface area (Å²) >= 11 is 0. The molecule has 0 radical (unpaired) electrons. The highest BCUT2D eigenvalue weighted by Gasteiger charge is 2.43. The van der Waals surface area contributed by atoms with Crippen molar-refractivity contribution < 1.29 is 23.9 Å². The second-order valence-electron chi connectivity index (χ2n) is 16.9. The number of benzene rings is 2. The number of likely N-dealkylation sites (tertiary alicyclic amines) is 1. The average Bonchev–Trinajstić information content (AvgIpc) is 3.62. The Labute approximate surface area is 324 Å². The van der Waals surface area contributed by atoms with Crippen LogP contribution < -0.4 is 16.0 Å². The molecule has 0 aromatic heterocycles. The van der Waals surface area contributed by atoms with E-state index in [1.54, 1.807) is 33.0 Å². The van der Waals surface area contributed by atoms with Crippen molar-refractivity contribution in [2.45, 2.75) is 117 Å². The van der Waals surface area contributed by atoms with Crippen LogP contribution in [0.5, 0.6) is 0 Å². The van der Waals surface area contributed by atoms with Crippen molar-refractivity contribution >= 4 is 23.6 Å². The van der Waals surface area contributed by atoms with Crippen molar-refractivity contribution in [3.05, 3.63) is 83.4 Å². The molecule has 3 rings (SSSR count). The summed E-state index contributed by atoms with van der Waals surface area (Å²) < 4.78 is 5.93. The predicted molar refractivity (Wildman–Crippen MR) is 217 cm³/mol. The smallest absolute Gasteiger partial charge is 0.249 e. The molecule has 1 aliphatic rings. The number of ether oxygens (including phenoxy) is 1. The van der Waals surface area contributed by atoms with Crippen LogP contribution in [0, 0.1) is 17.3 Å². The van der Waals surface area contributed by atoms with E-state index in [4.69, 9.17) is 4.74 Å². The summed E-state index contributed by atoms with van der Waals surface area (Å²) in [6.45, 7) is 18.6. The Morgan fingerprint density at radius 2 is 1.52 bits per heavy atom. The quantitative estimate of drug-likeness (QED) is 0.184. The maximum Gasteiger partial charge on any atom is 0.249 e. The standard InChI is InChI=1S/C44H67N5O5/c1-29(2)35(48(11)42(53)38(43(5,6)7)47-40(51)37(45-10)44(8,9)33-22-17-14-18-23-33)28-30(3)41(52)49-27-19-24-34(49)36(54-12)31(4)39(50)46-26-25-32-20-15-13-16-21-32/h13-18,20-23,28-29,31,34-38,45H,19,24-27H2,1-12H3,(H,46,50)(H,47,51)/b30-28+/t31-,34+,35-,36-,37-,38-/m1/s1. The van der Waals surface area contributed by atoms with E-state index in [9.17, 15) is 19.2 Å². The Hall–Kier alpha value is -4.02. The number of carbonyl (C=O) groups excluding carboxylic acids is 4. The molecule has 10 heteroatoms. The van der Waals surface area contributed by atoms with Gasteiger partial charge in [0.05, 0.1) is 30.1 Å². The van der Waals surface area contributed by atoms with E-state index < -0.39 is 41.0 Å². The minimum absolute atomic E-state index is 0.0270. The molecule has 6 atom stereocenters. The Balaban J connectivity index is 1.77. The van der Waals surface area contributed by atoms with Gasteiger partial charge in [-0.25, -0.2) is 0 Å². The van der Waals surface area contributed by atoms with Crippen molar-refractivity contribution in [3.63, 3.8) is 0 Å². The topological polar surface area (TPSA) is 120 Å². The summed E-state index contributed by atoms with van der Waals surface area (Å²) in [5.41, 5.74) is 1.52. The maximum atomic E-state index is 14.4. The monoisotopic (exact) mass is 746 g/mol. The first-order chi connectivity index (χ1) is 25.4. The third-order valence-corrected chi connectivity index (χ3v) is 11.1. The molecule has 2 aromatic rings. The van der Waals surface area contributed by atoms with Crippen molar-refractivity contribution in [2.24, 2.45) is 17.3 Å². The zero-order valence-corrected chi connectivity index (χ0v) is 34.9. The molecule has 1 fully saturated rings. The van der Waals surface area contributed by atoms with Gasteiger partial charge < -0.3 is 30.5 Å². The number of carbonyl (C=O) groups is 4. The molecule has 3 N–H and O–H groups in total. The van der Waals surface area contributed by atoms with Gasteiger partial charge in [-0.15, -0.1) is 0 Å². The molecular weight excluding hydrogens is 679 g/mol. The van der Waals surface area contributed by atoms with E-state index in [0.717, 1.165) is 30.4 Å². The molecule has 4 amide bonds. The van der Waals surface area contributed by atoms with E-state index >= 15 is 0 Å². The van der Waals surface area contributed by atoms with Gasteiger partial charge in [0, 0.05) is 38.2 Å². The lowest BCUT2D eigenvalue weighted by molar-refractivity contribution is -0.141. The number of nitrogens with zero attached hydrogens (tertiary/aromatic N) is 2. The molecular formula is C44H67N5O5. The fraction of sp³-hybridized carbons (Fsp3) is 0.591. The number of hydrogen-bond donors (Lipinski definition) is 3. The molecule has 0 spiro atoms. The van der Waals surface area contributed by atoms with Crippen LogP contribution >= 0.6 is 0 Å². The lowest BCUT2D eigenvalue weighted by atomic mass is 9.76. The molecule has 0 saturated carbocycles. The van der Waals surface area contributed by atoms with Crippen LogP contribution in [0.25, 0.3) is 0 Å². The molecule has 1 saturated heterocycles. The lowest BCUT2D eigenvalue weighted by Gasteiger charge is -2.40. The van der Waals surface area contributed by atoms with Gasteiger partial charge in [0.1, 0.15) is 6.04 Å². The summed E-state index contributed by atoms with van der Waals surface area (Å²) in [4.78, 5) is 59.2. The Morgan fingerprint density at radius 1 is 0.926 bits per heavy atom. The number of amides is 4. The highest BCUT2D eigenvalue weighted by atomic mass is 16.5. The minimum Gasteiger partial charge on any atom is -0.378 e. The highest BCUT2D eigenvalue weighted by molar-refractivity contribution is 5.94. The van der Waals surface area contributed by atoms with Gasteiger partial charge in [-0.05, 0) is 55.7 Å². The molecule has 298 valence electrons. The van der Waals surface area contributed by atoms with Gasteiger partial charge in [0.25, 0.3) is 0 Å². The van der Waals surface area contributed by atoms with Crippen LogP contribution in [0.15, 0.2) is 72.3 Å². The van der Waals surface area contributed by atoms with E-state index in [0.29, 0.717) is 18.7 Å². The van der Waals surface area contributed by atoms with E-state index in [1.165, 1.54) is 0 Å². The molecule has 2 aromatic carbocycles. The second-order valence-corrected chi connectivity index (χ2v) is 16.9. The van der Waals surface area contributed by atoms with Crippen molar-refractivity contribution in [2.75, 3.05) is 34.3 Å². The molecule has 0 unspecified atom stereocenters. The Bertz CT molecular complexity index is 1570. The maximum absolute atomic E-state index is 14.4. The predicted octanol–water partition coefficient (Wildman–Crippen LogP) is 5.51. The van der Waals surface area contributed by atoms with Crippen LogP contribution in [0.4, 0.5) is 0 Å². The molecule has 54 heavy (non-hydrogen) atoms. The van der Waals surface area contributed by atoms with Crippen LogP contribution in [0.1, 0.15) is 86.3 Å². The van der Waals surface area contributed by atoms with Crippen LogP contribution in [-0.4, -0.2) is 98.0 Å². The SMILES string of the molecule is CN[C@H](C(=O)N[C@H](C(=O)N(C)[C@H](/C=C(\C)C(=O)N1CCC[C@H]1[C@H](OC)[C@@H](C)C(=O)NCCc1ccccc1)C(C)C)C(C)(C)C)C(C)(C)c1ccccc1. The summed E-state index contributed by atoms with van der Waals surface area (Å²) in [7, 11) is 5.10. The number of hydrogen-bond acceptors (Lipinski definition) is 6. The van der Waals surface area contributed by atoms with E-state index in [2.05, 4.69) is 16.0 Å². The molecule has 1 aliphatic heterocycles. The van der Waals surface area contributed by atoms with Gasteiger partial charge in [0.2, 0.25) is 23.6 Å². The summed E-state index contributed by atoms with van der Waals surface area (Å²) in [6, 6.07) is 17.8. The number of nitrogens with one attached hydrogen (secondary N) is 3. The van der Waals surface area contributed by atoms with Gasteiger partial charge in [-0.3, -0.25) is 19.2 Å². The van der Waals surface area contributed by atoms with Gasteiger partial charge in [-0.2, -0.15) is 0 Å². The molecule has 10 nitrogen and oxygen atoms in total. The second kappa shape index (κ2) is 19.5. The van der Waals surface area contributed by atoms with Crippen molar-refractivity contribution in [3.8, 4) is 0 Å². The van der Waals surface area contributed by atoms with E-state index in [-0.39, 0.29) is 35.6 Å². The summed E-state index contributed by atoms with van der Waals surface area (Å²) in [5, 5.41) is 9.36. The van der Waals surface area contributed by atoms with E-state index in [1.807, 2.05) is 127 Å². The summed E-state index contributed by atoms with van der Waals surface area (Å²) in [6.07, 6.45) is 3.66.